The van der Waals surface area contributed by atoms with E-state index in [9.17, 15) is 19.5 Å². The number of nitrogens with zero attached hydrogens (tertiary/aromatic N) is 2. The van der Waals surface area contributed by atoms with Gasteiger partial charge in [-0.05, 0) is 30.0 Å². The monoisotopic (exact) mass is 557 g/mol. The number of benzene rings is 2. The van der Waals surface area contributed by atoms with Crippen molar-refractivity contribution < 1.29 is 33.7 Å². The zero-order valence-electron chi connectivity index (χ0n) is 23.7. The fourth-order valence-electron chi connectivity index (χ4n) is 4.14. The van der Waals surface area contributed by atoms with Crippen LogP contribution in [0.4, 0.5) is 10.5 Å². The summed E-state index contributed by atoms with van der Waals surface area (Å²) in [7, 11) is 1.96. The second-order valence-electron chi connectivity index (χ2n) is 10.1. The summed E-state index contributed by atoms with van der Waals surface area (Å²) in [4.78, 5) is 37.0. The molecule has 1 aliphatic rings. The molecule has 1 aliphatic heterocycles. The molecule has 3 unspecified atom stereocenters. The molecule has 0 spiro atoms. The fourth-order valence-corrected chi connectivity index (χ4v) is 4.14. The SMILES string of the molecule is CC(C)CN(C=O)CC(O)C(Cc1ccccc1)NC(=O)OC1CCOC1.CN(CCOC=O)c1ccccc1. The quantitative estimate of drug-likeness (QED) is 0.254. The molecule has 1 heterocycles. The van der Waals surface area contributed by atoms with Gasteiger partial charge in [0.2, 0.25) is 6.41 Å². The molecule has 1 fully saturated rings. The van der Waals surface area contributed by atoms with Gasteiger partial charge < -0.3 is 34.4 Å². The predicted molar refractivity (Wildman–Crippen MR) is 153 cm³/mol. The third-order valence-corrected chi connectivity index (χ3v) is 6.21. The topological polar surface area (TPSA) is 118 Å². The van der Waals surface area contributed by atoms with Crippen LogP contribution in [-0.4, -0.2) is 93.7 Å². The van der Waals surface area contributed by atoms with Gasteiger partial charge in [0.15, 0.2) is 0 Å². The summed E-state index contributed by atoms with van der Waals surface area (Å²) < 4.78 is 15.2. The Morgan fingerprint density at radius 1 is 1.10 bits per heavy atom. The number of alkyl carbamates (subject to hydrolysis) is 1. The Kier molecular flexibility index (Phi) is 15.2. The van der Waals surface area contributed by atoms with Crippen LogP contribution < -0.4 is 10.2 Å². The van der Waals surface area contributed by atoms with E-state index >= 15 is 0 Å². The predicted octanol–water partition coefficient (Wildman–Crippen LogP) is 2.88. The van der Waals surface area contributed by atoms with E-state index in [0.717, 1.165) is 17.7 Å². The van der Waals surface area contributed by atoms with Gasteiger partial charge >= 0.3 is 6.09 Å². The van der Waals surface area contributed by atoms with E-state index in [1.807, 2.05) is 86.5 Å². The molecule has 10 nitrogen and oxygen atoms in total. The summed E-state index contributed by atoms with van der Waals surface area (Å²) in [6, 6.07) is 19.0. The van der Waals surface area contributed by atoms with E-state index in [1.54, 1.807) is 0 Å². The van der Waals surface area contributed by atoms with Crippen molar-refractivity contribution in [2.75, 3.05) is 51.4 Å². The molecule has 0 aliphatic carbocycles. The fraction of sp³-hybridized carbons (Fsp3) is 0.500. The van der Waals surface area contributed by atoms with Crippen LogP contribution in [0.25, 0.3) is 0 Å². The van der Waals surface area contributed by atoms with E-state index in [0.29, 0.717) is 52.2 Å². The van der Waals surface area contributed by atoms with Crippen LogP contribution >= 0.6 is 0 Å². The van der Waals surface area contributed by atoms with Gasteiger partial charge in [0.25, 0.3) is 6.47 Å². The summed E-state index contributed by atoms with van der Waals surface area (Å²) in [5.41, 5.74) is 2.10. The second-order valence-corrected chi connectivity index (χ2v) is 10.1. The maximum atomic E-state index is 12.3. The number of rotatable bonds is 15. The maximum absolute atomic E-state index is 12.3. The molecule has 0 bridgehead atoms. The van der Waals surface area contributed by atoms with Crippen molar-refractivity contribution in [3.63, 3.8) is 0 Å². The van der Waals surface area contributed by atoms with Gasteiger partial charge in [-0.2, -0.15) is 0 Å². The zero-order valence-corrected chi connectivity index (χ0v) is 23.7. The summed E-state index contributed by atoms with van der Waals surface area (Å²) in [6.45, 7) is 7.28. The Morgan fingerprint density at radius 2 is 1.77 bits per heavy atom. The highest BCUT2D eigenvalue weighted by molar-refractivity contribution is 5.68. The number of aliphatic hydroxyl groups excluding tert-OH is 1. The summed E-state index contributed by atoms with van der Waals surface area (Å²) >= 11 is 0. The molecule has 0 saturated carbocycles. The zero-order chi connectivity index (χ0) is 29.2. The average molecular weight is 558 g/mol. The van der Waals surface area contributed by atoms with Crippen LogP contribution in [0.15, 0.2) is 60.7 Å². The largest absolute Gasteiger partial charge is 0.466 e. The third kappa shape index (κ3) is 12.9. The Morgan fingerprint density at radius 3 is 2.35 bits per heavy atom. The van der Waals surface area contributed by atoms with E-state index in [1.165, 1.54) is 4.90 Å². The van der Waals surface area contributed by atoms with Crippen molar-refractivity contribution >= 4 is 24.7 Å². The van der Waals surface area contributed by atoms with Gasteiger partial charge in [-0.15, -0.1) is 0 Å². The van der Waals surface area contributed by atoms with Crippen LogP contribution in [0.2, 0.25) is 0 Å². The number of likely N-dealkylation sites (N-methyl/N-ethyl adjacent to an activating group) is 1. The molecule has 3 rings (SSSR count). The van der Waals surface area contributed by atoms with Crippen molar-refractivity contribution in [1.82, 2.24) is 10.2 Å². The highest BCUT2D eigenvalue weighted by Crippen LogP contribution is 2.12. The second kappa shape index (κ2) is 18.6. The lowest BCUT2D eigenvalue weighted by Gasteiger charge is -2.29. The van der Waals surface area contributed by atoms with Gasteiger partial charge in [-0.1, -0.05) is 62.4 Å². The summed E-state index contributed by atoms with van der Waals surface area (Å²) in [5.74, 6) is 0.287. The first-order valence-electron chi connectivity index (χ1n) is 13.6. The average Bonchev–Trinajstić information content (AvgIpc) is 3.46. The number of carbonyl (C=O) groups is 3. The van der Waals surface area contributed by atoms with Crippen molar-refractivity contribution in [1.29, 1.82) is 0 Å². The van der Waals surface area contributed by atoms with Crippen LogP contribution in [0.5, 0.6) is 0 Å². The van der Waals surface area contributed by atoms with Gasteiger partial charge in [0.05, 0.1) is 31.9 Å². The number of aliphatic hydroxyl groups is 1. The smallest absolute Gasteiger partial charge is 0.407 e. The number of anilines is 1. The van der Waals surface area contributed by atoms with Crippen molar-refractivity contribution in [3.05, 3.63) is 66.2 Å². The first-order chi connectivity index (χ1) is 19.3. The molecule has 0 radical (unpaired) electrons. The molecular formula is C30H43N3O7. The van der Waals surface area contributed by atoms with Gasteiger partial charge in [-0.3, -0.25) is 9.59 Å². The minimum absolute atomic E-state index is 0.145. The van der Waals surface area contributed by atoms with Crippen LogP contribution in [0, 0.1) is 5.92 Å². The molecular weight excluding hydrogens is 514 g/mol. The normalized spacial score (nSPS) is 15.7. The van der Waals surface area contributed by atoms with Crippen molar-refractivity contribution in [2.45, 2.75) is 44.9 Å². The summed E-state index contributed by atoms with van der Waals surface area (Å²) in [5, 5.41) is 13.5. The van der Waals surface area contributed by atoms with E-state index in [2.05, 4.69) is 10.1 Å². The maximum Gasteiger partial charge on any atom is 0.407 e. The molecule has 0 aromatic heterocycles. The molecule has 220 valence electrons. The lowest BCUT2D eigenvalue weighted by molar-refractivity contribution is -0.128. The highest BCUT2D eigenvalue weighted by atomic mass is 16.6. The van der Waals surface area contributed by atoms with Crippen molar-refractivity contribution in [2.24, 2.45) is 5.92 Å². The van der Waals surface area contributed by atoms with E-state index in [4.69, 9.17) is 9.47 Å². The van der Waals surface area contributed by atoms with Crippen LogP contribution in [0.3, 0.4) is 0 Å². The van der Waals surface area contributed by atoms with Crippen LogP contribution in [-0.2, 0) is 30.2 Å². The molecule has 3 atom stereocenters. The minimum atomic E-state index is -0.915. The summed E-state index contributed by atoms with van der Waals surface area (Å²) in [6.07, 6.45) is 0.0939. The Balaban J connectivity index is 0.000000360. The molecule has 2 amide bonds. The number of carbonyl (C=O) groups excluding carboxylic acids is 3. The van der Waals surface area contributed by atoms with Gasteiger partial charge in [0, 0.05) is 32.2 Å². The van der Waals surface area contributed by atoms with Crippen molar-refractivity contribution in [3.8, 4) is 0 Å². The Labute approximate surface area is 237 Å². The lowest BCUT2D eigenvalue weighted by atomic mass is 10.0. The molecule has 1 saturated heterocycles. The molecule has 40 heavy (non-hydrogen) atoms. The van der Waals surface area contributed by atoms with Crippen LogP contribution in [0.1, 0.15) is 25.8 Å². The molecule has 2 aromatic rings. The van der Waals surface area contributed by atoms with Gasteiger partial charge in [0.1, 0.15) is 12.7 Å². The number of ether oxygens (including phenoxy) is 3. The number of para-hydroxylation sites is 1. The standard InChI is InChI=1S/C20H30N2O5.C10H13NO2/c1-15(2)11-22(14-23)12-19(24)18(10-16-6-4-3-5-7-16)21-20(25)27-17-8-9-26-13-17;1-11(7-8-13-9-12)10-5-3-2-4-6-10/h3-7,14-15,17-19,24H,8-13H2,1-2H3,(H,21,25);2-6,9H,7-8H2,1H3. The Hall–Kier alpha value is -3.63. The van der Waals surface area contributed by atoms with E-state index < -0.39 is 18.2 Å². The first-order valence-corrected chi connectivity index (χ1v) is 13.6. The molecule has 2 N–H and O–H groups in total. The number of amides is 2. The minimum Gasteiger partial charge on any atom is -0.466 e. The lowest BCUT2D eigenvalue weighted by Crippen LogP contribution is -2.50. The first kappa shape index (κ1) is 32.6. The van der Waals surface area contributed by atoms with E-state index in [-0.39, 0.29) is 18.6 Å². The molecule has 2 aromatic carbocycles. The number of nitrogens with one attached hydrogen (secondary N) is 1. The highest BCUT2D eigenvalue weighted by Gasteiger charge is 2.27. The molecule has 10 heteroatoms. The third-order valence-electron chi connectivity index (χ3n) is 6.21. The van der Waals surface area contributed by atoms with Gasteiger partial charge in [-0.25, -0.2) is 4.79 Å². The number of hydrogen-bond acceptors (Lipinski definition) is 8. The number of hydrogen-bond donors (Lipinski definition) is 2. The Bertz CT molecular complexity index is 972.